The maximum absolute atomic E-state index is 5.30. The zero-order chi connectivity index (χ0) is 13.5. The maximum atomic E-state index is 5.30. The first-order chi connectivity index (χ1) is 8.52. The van der Waals surface area contributed by atoms with Gasteiger partial charge in [-0.25, -0.2) is 0 Å². The van der Waals surface area contributed by atoms with Crippen molar-refractivity contribution in [1.29, 1.82) is 0 Å². The monoisotopic (exact) mass is 239 g/mol. The van der Waals surface area contributed by atoms with Gasteiger partial charge in [0.15, 0.2) is 0 Å². The van der Waals surface area contributed by atoms with Gasteiger partial charge in [0, 0.05) is 6.20 Å². The summed E-state index contributed by atoms with van der Waals surface area (Å²) in [5.74, 6) is 3.26. The van der Waals surface area contributed by atoms with E-state index in [0.29, 0.717) is 5.92 Å². The molecule has 1 aromatic rings. The standard InChI is InChI=1S/C17H21N/c1-6-14(4)7-8-15(5)17-10-9-16(12-18-17)11-13(2)3/h1,7-10,12-13H,11H2,2-5H3/b14-7-,15-8+. The molecule has 0 N–H and O–H groups in total. The largest absolute Gasteiger partial charge is 0.256 e. The Hall–Kier alpha value is -1.81. The summed E-state index contributed by atoms with van der Waals surface area (Å²) < 4.78 is 0. The number of allylic oxidation sites excluding steroid dienone is 4. The Morgan fingerprint density at radius 1 is 1.33 bits per heavy atom. The summed E-state index contributed by atoms with van der Waals surface area (Å²) >= 11 is 0. The third-order valence-corrected chi connectivity index (χ3v) is 2.68. The lowest BCUT2D eigenvalue weighted by atomic mass is 10.0. The van der Waals surface area contributed by atoms with Gasteiger partial charge < -0.3 is 0 Å². The molecule has 0 amide bonds. The van der Waals surface area contributed by atoms with Crippen LogP contribution in [0, 0.1) is 18.3 Å². The highest BCUT2D eigenvalue weighted by atomic mass is 14.7. The van der Waals surface area contributed by atoms with Crippen LogP contribution in [0.5, 0.6) is 0 Å². The second-order valence-corrected chi connectivity index (χ2v) is 4.99. The summed E-state index contributed by atoms with van der Waals surface area (Å²) in [6.07, 6.45) is 12.3. The Balaban J connectivity index is 2.82. The molecule has 1 heteroatoms. The van der Waals surface area contributed by atoms with Gasteiger partial charge in [0.05, 0.1) is 5.69 Å². The molecule has 1 nitrogen and oxygen atoms in total. The fraction of sp³-hybridized carbons (Fsp3) is 0.353. The van der Waals surface area contributed by atoms with Gasteiger partial charge in [0.2, 0.25) is 0 Å². The van der Waals surface area contributed by atoms with Crippen molar-refractivity contribution in [1.82, 2.24) is 4.98 Å². The average molecular weight is 239 g/mol. The van der Waals surface area contributed by atoms with Crippen molar-refractivity contribution in [2.24, 2.45) is 5.92 Å². The van der Waals surface area contributed by atoms with E-state index >= 15 is 0 Å². The highest BCUT2D eigenvalue weighted by molar-refractivity contribution is 5.62. The van der Waals surface area contributed by atoms with Crippen molar-refractivity contribution in [2.45, 2.75) is 34.1 Å². The number of hydrogen-bond acceptors (Lipinski definition) is 1. The molecular weight excluding hydrogens is 218 g/mol. The van der Waals surface area contributed by atoms with Crippen LogP contribution in [-0.2, 0) is 6.42 Å². The number of aromatic nitrogens is 1. The van der Waals surface area contributed by atoms with Crippen LogP contribution in [-0.4, -0.2) is 4.98 Å². The molecule has 0 aliphatic rings. The second-order valence-electron chi connectivity index (χ2n) is 4.99. The Labute approximate surface area is 111 Å². The summed E-state index contributed by atoms with van der Waals surface area (Å²) in [6.45, 7) is 8.40. The third-order valence-electron chi connectivity index (χ3n) is 2.68. The van der Waals surface area contributed by atoms with Crippen LogP contribution in [0.15, 0.2) is 36.1 Å². The minimum absolute atomic E-state index is 0.663. The first-order valence-electron chi connectivity index (χ1n) is 6.30. The quantitative estimate of drug-likeness (QED) is 0.565. The van der Waals surface area contributed by atoms with E-state index in [2.05, 4.69) is 36.9 Å². The lowest BCUT2D eigenvalue weighted by Crippen LogP contribution is -1.95. The third kappa shape index (κ3) is 4.59. The van der Waals surface area contributed by atoms with Crippen molar-refractivity contribution in [3.8, 4) is 12.3 Å². The molecule has 1 aromatic heterocycles. The van der Waals surface area contributed by atoms with Gasteiger partial charge in [-0.05, 0) is 49.0 Å². The topological polar surface area (TPSA) is 12.9 Å². The highest BCUT2D eigenvalue weighted by Crippen LogP contribution is 2.14. The molecule has 0 aliphatic heterocycles. The van der Waals surface area contributed by atoms with E-state index in [0.717, 1.165) is 23.3 Å². The SMILES string of the molecule is C#C/C(C)=C\C=C(/C)c1ccc(CC(C)C)cn1. The second kappa shape index (κ2) is 6.81. The van der Waals surface area contributed by atoms with E-state index in [1.165, 1.54) is 5.56 Å². The first-order valence-corrected chi connectivity index (χ1v) is 6.30. The zero-order valence-corrected chi connectivity index (χ0v) is 11.7. The van der Waals surface area contributed by atoms with Crippen LogP contribution in [0.1, 0.15) is 39.0 Å². The summed E-state index contributed by atoms with van der Waals surface area (Å²) in [5.41, 5.74) is 4.34. The Morgan fingerprint density at radius 3 is 2.56 bits per heavy atom. The fourth-order valence-corrected chi connectivity index (χ4v) is 1.63. The molecule has 94 valence electrons. The van der Waals surface area contributed by atoms with E-state index in [1.807, 2.05) is 32.2 Å². The van der Waals surface area contributed by atoms with Gasteiger partial charge in [-0.1, -0.05) is 38.0 Å². The van der Waals surface area contributed by atoms with Crippen LogP contribution < -0.4 is 0 Å². The minimum Gasteiger partial charge on any atom is -0.256 e. The lowest BCUT2D eigenvalue weighted by Gasteiger charge is -2.05. The average Bonchev–Trinajstić information content (AvgIpc) is 2.35. The molecule has 0 bridgehead atoms. The van der Waals surface area contributed by atoms with Gasteiger partial charge >= 0.3 is 0 Å². The molecule has 0 spiro atoms. The van der Waals surface area contributed by atoms with Gasteiger partial charge in [0.1, 0.15) is 0 Å². The van der Waals surface area contributed by atoms with Gasteiger partial charge in [-0.3, -0.25) is 4.98 Å². The highest BCUT2D eigenvalue weighted by Gasteiger charge is 2.00. The molecule has 0 fully saturated rings. The van der Waals surface area contributed by atoms with Crippen LogP contribution in [0.2, 0.25) is 0 Å². The van der Waals surface area contributed by atoms with Crippen molar-refractivity contribution < 1.29 is 0 Å². The first kappa shape index (κ1) is 14.3. The van der Waals surface area contributed by atoms with Crippen molar-refractivity contribution >= 4 is 5.57 Å². The maximum Gasteiger partial charge on any atom is 0.0658 e. The van der Waals surface area contributed by atoms with Crippen LogP contribution in [0.25, 0.3) is 5.57 Å². The van der Waals surface area contributed by atoms with Crippen molar-refractivity contribution in [3.63, 3.8) is 0 Å². The zero-order valence-electron chi connectivity index (χ0n) is 11.7. The van der Waals surface area contributed by atoms with Crippen molar-refractivity contribution in [3.05, 3.63) is 47.3 Å². The molecule has 0 aromatic carbocycles. The number of rotatable bonds is 4. The summed E-state index contributed by atoms with van der Waals surface area (Å²) in [4.78, 5) is 4.49. The van der Waals surface area contributed by atoms with Crippen LogP contribution in [0.3, 0.4) is 0 Å². The van der Waals surface area contributed by atoms with Crippen LogP contribution >= 0.6 is 0 Å². The summed E-state index contributed by atoms with van der Waals surface area (Å²) in [6, 6.07) is 4.22. The molecule has 18 heavy (non-hydrogen) atoms. The summed E-state index contributed by atoms with van der Waals surface area (Å²) in [5, 5.41) is 0. The molecule has 0 unspecified atom stereocenters. The predicted molar refractivity (Wildman–Crippen MR) is 79.0 cm³/mol. The smallest absolute Gasteiger partial charge is 0.0658 e. The summed E-state index contributed by atoms with van der Waals surface area (Å²) in [7, 11) is 0. The fourth-order valence-electron chi connectivity index (χ4n) is 1.63. The Kier molecular flexibility index (Phi) is 5.39. The van der Waals surface area contributed by atoms with E-state index in [-0.39, 0.29) is 0 Å². The molecular formula is C17H21N. The normalized spacial score (nSPS) is 12.7. The number of pyridine rings is 1. The number of nitrogens with zero attached hydrogens (tertiary/aromatic N) is 1. The molecule has 1 rings (SSSR count). The van der Waals surface area contributed by atoms with E-state index in [1.54, 1.807) is 0 Å². The van der Waals surface area contributed by atoms with Crippen LogP contribution in [0.4, 0.5) is 0 Å². The molecule has 0 saturated carbocycles. The Bertz CT molecular complexity index is 481. The van der Waals surface area contributed by atoms with Gasteiger partial charge in [-0.15, -0.1) is 6.42 Å². The minimum atomic E-state index is 0.663. The van der Waals surface area contributed by atoms with E-state index in [4.69, 9.17) is 6.42 Å². The molecule has 0 radical (unpaired) electrons. The van der Waals surface area contributed by atoms with Gasteiger partial charge in [0.25, 0.3) is 0 Å². The van der Waals surface area contributed by atoms with E-state index in [9.17, 15) is 0 Å². The molecule has 1 heterocycles. The van der Waals surface area contributed by atoms with Crippen molar-refractivity contribution in [2.75, 3.05) is 0 Å². The molecule has 0 aliphatic carbocycles. The number of terminal acetylenes is 1. The molecule has 0 saturated heterocycles. The molecule has 0 atom stereocenters. The lowest BCUT2D eigenvalue weighted by molar-refractivity contribution is 0.645. The predicted octanol–water partition coefficient (Wildman–Crippen LogP) is 4.26. The van der Waals surface area contributed by atoms with Gasteiger partial charge in [-0.2, -0.15) is 0 Å². The number of hydrogen-bond donors (Lipinski definition) is 0. The Morgan fingerprint density at radius 2 is 2.06 bits per heavy atom. The van der Waals surface area contributed by atoms with E-state index < -0.39 is 0 Å².